The third kappa shape index (κ3) is 4.06. The highest BCUT2D eigenvalue weighted by Gasteiger charge is 2.10. The molecule has 0 aliphatic rings. The standard InChI is InChI=1S/C15H17BrN2O2S/c1-10-3-5-12(14(16)7-10)9-18-15-8-13(21(17,19)20)6-4-11(15)2/h3-8,18H,9H2,1-2H3,(H2,17,19,20). The monoisotopic (exact) mass is 368 g/mol. The summed E-state index contributed by atoms with van der Waals surface area (Å²) in [6.45, 7) is 4.54. The summed E-state index contributed by atoms with van der Waals surface area (Å²) in [4.78, 5) is 0.110. The molecule has 4 nitrogen and oxygen atoms in total. The van der Waals surface area contributed by atoms with E-state index in [2.05, 4.69) is 21.2 Å². The second kappa shape index (κ2) is 6.17. The number of primary sulfonamides is 1. The van der Waals surface area contributed by atoms with Crippen molar-refractivity contribution < 1.29 is 8.42 Å². The van der Waals surface area contributed by atoms with Gasteiger partial charge in [-0.2, -0.15) is 0 Å². The van der Waals surface area contributed by atoms with E-state index in [-0.39, 0.29) is 4.90 Å². The van der Waals surface area contributed by atoms with Gasteiger partial charge >= 0.3 is 0 Å². The lowest BCUT2D eigenvalue weighted by Gasteiger charge is -2.12. The molecule has 0 bridgehead atoms. The minimum atomic E-state index is -3.69. The average Bonchev–Trinajstić information content (AvgIpc) is 2.38. The zero-order chi connectivity index (χ0) is 15.6. The Kier molecular flexibility index (Phi) is 4.70. The SMILES string of the molecule is Cc1ccc(CNc2cc(S(N)(=O)=O)ccc2C)c(Br)c1. The Morgan fingerprint density at radius 3 is 2.48 bits per heavy atom. The van der Waals surface area contributed by atoms with Gasteiger partial charge in [-0.15, -0.1) is 0 Å². The van der Waals surface area contributed by atoms with E-state index in [4.69, 9.17) is 5.14 Å². The Bertz CT molecular complexity index is 773. The number of anilines is 1. The van der Waals surface area contributed by atoms with Gasteiger partial charge in [0.2, 0.25) is 10.0 Å². The fourth-order valence-corrected chi connectivity index (χ4v) is 3.13. The molecule has 0 spiro atoms. The molecular weight excluding hydrogens is 352 g/mol. The van der Waals surface area contributed by atoms with E-state index in [1.807, 2.05) is 32.0 Å². The van der Waals surface area contributed by atoms with Gasteiger partial charge in [0.15, 0.2) is 0 Å². The van der Waals surface area contributed by atoms with Crippen molar-refractivity contribution in [3.63, 3.8) is 0 Å². The van der Waals surface area contributed by atoms with E-state index in [0.29, 0.717) is 6.54 Å². The van der Waals surface area contributed by atoms with Gasteiger partial charge in [0.05, 0.1) is 4.90 Å². The molecule has 0 saturated carbocycles. The second-order valence-electron chi connectivity index (χ2n) is 4.97. The Morgan fingerprint density at radius 1 is 1.14 bits per heavy atom. The molecule has 2 aromatic carbocycles. The van der Waals surface area contributed by atoms with Gasteiger partial charge in [-0.3, -0.25) is 0 Å². The molecule has 2 aromatic rings. The lowest BCUT2D eigenvalue weighted by atomic mass is 10.1. The van der Waals surface area contributed by atoms with Crippen LogP contribution in [0.4, 0.5) is 5.69 Å². The van der Waals surface area contributed by atoms with Crippen molar-refractivity contribution in [2.24, 2.45) is 5.14 Å². The van der Waals surface area contributed by atoms with Gasteiger partial charge in [-0.05, 0) is 48.7 Å². The third-order valence-corrected chi connectivity index (χ3v) is 4.86. The van der Waals surface area contributed by atoms with E-state index >= 15 is 0 Å². The highest BCUT2D eigenvalue weighted by atomic mass is 79.9. The molecule has 0 aliphatic carbocycles. The number of sulfonamides is 1. The van der Waals surface area contributed by atoms with Crippen LogP contribution in [0.3, 0.4) is 0 Å². The smallest absolute Gasteiger partial charge is 0.238 e. The number of rotatable bonds is 4. The first-order chi connectivity index (χ1) is 9.77. The summed E-state index contributed by atoms with van der Waals surface area (Å²) in [7, 11) is -3.69. The largest absolute Gasteiger partial charge is 0.381 e. The molecule has 0 atom stereocenters. The van der Waals surface area contributed by atoms with E-state index < -0.39 is 10.0 Å². The van der Waals surface area contributed by atoms with Crippen molar-refractivity contribution >= 4 is 31.6 Å². The van der Waals surface area contributed by atoms with Crippen LogP contribution in [0.15, 0.2) is 45.8 Å². The third-order valence-electron chi connectivity index (χ3n) is 3.22. The van der Waals surface area contributed by atoms with E-state index in [9.17, 15) is 8.42 Å². The van der Waals surface area contributed by atoms with Crippen LogP contribution in [-0.2, 0) is 16.6 Å². The summed E-state index contributed by atoms with van der Waals surface area (Å²) in [6, 6.07) is 10.9. The summed E-state index contributed by atoms with van der Waals surface area (Å²) in [5.74, 6) is 0. The molecule has 21 heavy (non-hydrogen) atoms. The lowest BCUT2D eigenvalue weighted by Crippen LogP contribution is -2.13. The van der Waals surface area contributed by atoms with Crippen LogP contribution in [0.2, 0.25) is 0 Å². The zero-order valence-electron chi connectivity index (χ0n) is 11.9. The lowest BCUT2D eigenvalue weighted by molar-refractivity contribution is 0.598. The Balaban J connectivity index is 2.23. The summed E-state index contributed by atoms with van der Waals surface area (Å²) < 4.78 is 23.8. The van der Waals surface area contributed by atoms with Crippen LogP contribution in [0.1, 0.15) is 16.7 Å². The van der Waals surface area contributed by atoms with Crippen molar-refractivity contribution in [1.82, 2.24) is 0 Å². The fourth-order valence-electron chi connectivity index (χ4n) is 1.95. The number of nitrogens with one attached hydrogen (secondary N) is 1. The molecule has 0 radical (unpaired) electrons. The van der Waals surface area contributed by atoms with Crippen LogP contribution in [-0.4, -0.2) is 8.42 Å². The summed E-state index contributed by atoms with van der Waals surface area (Å²) in [5.41, 5.74) is 4.00. The molecule has 0 aromatic heterocycles. The highest BCUT2D eigenvalue weighted by Crippen LogP contribution is 2.23. The summed E-state index contributed by atoms with van der Waals surface area (Å²) in [6.07, 6.45) is 0. The number of benzene rings is 2. The molecule has 0 heterocycles. The highest BCUT2D eigenvalue weighted by molar-refractivity contribution is 9.10. The summed E-state index contributed by atoms with van der Waals surface area (Å²) >= 11 is 3.53. The van der Waals surface area contributed by atoms with Crippen LogP contribution < -0.4 is 10.5 Å². The van der Waals surface area contributed by atoms with Crippen molar-refractivity contribution in [3.8, 4) is 0 Å². The van der Waals surface area contributed by atoms with E-state index in [0.717, 1.165) is 21.3 Å². The van der Waals surface area contributed by atoms with Crippen LogP contribution in [0.25, 0.3) is 0 Å². The van der Waals surface area contributed by atoms with E-state index in [1.54, 1.807) is 12.1 Å². The van der Waals surface area contributed by atoms with Crippen molar-refractivity contribution in [2.45, 2.75) is 25.3 Å². The molecule has 0 saturated heterocycles. The Morgan fingerprint density at radius 2 is 1.86 bits per heavy atom. The van der Waals surface area contributed by atoms with Crippen LogP contribution in [0, 0.1) is 13.8 Å². The molecule has 6 heteroatoms. The molecule has 0 unspecified atom stereocenters. The Labute approximate surface area is 133 Å². The van der Waals surface area contributed by atoms with Gasteiger partial charge in [0, 0.05) is 16.7 Å². The number of halogens is 1. The minimum Gasteiger partial charge on any atom is -0.381 e. The molecule has 0 aliphatic heterocycles. The number of nitrogens with two attached hydrogens (primary N) is 1. The van der Waals surface area contributed by atoms with Crippen molar-refractivity contribution in [3.05, 3.63) is 57.6 Å². The molecule has 2 rings (SSSR count). The normalized spacial score (nSPS) is 11.4. The average molecular weight is 369 g/mol. The van der Waals surface area contributed by atoms with Gasteiger partial charge in [0.1, 0.15) is 0 Å². The summed E-state index contributed by atoms with van der Waals surface area (Å²) in [5, 5.41) is 8.41. The van der Waals surface area contributed by atoms with Crippen LogP contribution in [0.5, 0.6) is 0 Å². The number of hydrogen-bond donors (Lipinski definition) is 2. The van der Waals surface area contributed by atoms with Gasteiger partial charge in [-0.25, -0.2) is 13.6 Å². The molecule has 0 amide bonds. The minimum absolute atomic E-state index is 0.110. The first-order valence-corrected chi connectivity index (χ1v) is 8.73. The maximum absolute atomic E-state index is 11.4. The predicted octanol–water partition coefficient (Wildman–Crippen LogP) is 3.33. The van der Waals surface area contributed by atoms with Gasteiger partial charge in [-0.1, -0.05) is 34.1 Å². The fraction of sp³-hybridized carbons (Fsp3) is 0.200. The first-order valence-electron chi connectivity index (χ1n) is 6.40. The van der Waals surface area contributed by atoms with Crippen molar-refractivity contribution in [1.29, 1.82) is 0 Å². The van der Waals surface area contributed by atoms with Crippen LogP contribution >= 0.6 is 15.9 Å². The second-order valence-corrected chi connectivity index (χ2v) is 7.39. The predicted molar refractivity (Wildman–Crippen MR) is 88.8 cm³/mol. The molecular formula is C15H17BrN2O2S. The quantitative estimate of drug-likeness (QED) is 0.869. The topological polar surface area (TPSA) is 72.2 Å². The number of hydrogen-bond acceptors (Lipinski definition) is 3. The maximum atomic E-state index is 11.4. The molecule has 0 fully saturated rings. The first kappa shape index (κ1) is 16.0. The van der Waals surface area contributed by atoms with Gasteiger partial charge in [0.25, 0.3) is 0 Å². The molecule has 112 valence electrons. The van der Waals surface area contributed by atoms with Crippen molar-refractivity contribution in [2.75, 3.05) is 5.32 Å². The van der Waals surface area contributed by atoms with E-state index in [1.165, 1.54) is 11.6 Å². The maximum Gasteiger partial charge on any atom is 0.238 e. The number of aryl methyl sites for hydroxylation is 2. The Hall–Kier alpha value is -1.37. The van der Waals surface area contributed by atoms with Gasteiger partial charge < -0.3 is 5.32 Å². The zero-order valence-corrected chi connectivity index (χ0v) is 14.3. The molecule has 3 N–H and O–H groups in total.